The molecule has 11 heteroatoms. The number of carbonyl (C=O) groups is 1. The zero-order valence-corrected chi connectivity index (χ0v) is 18.1. The maximum atomic E-state index is 14.6. The van der Waals surface area contributed by atoms with Crippen LogP contribution in [0.4, 0.5) is 20.8 Å². The van der Waals surface area contributed by atoms with Gasteiger partial charge in [0.2, 0.25) is 0 Å². The highest BCUT2D eigenvalue weighted by Gasteiger charge is 2.58. The highest BCUT2D eigenvalue weighted by atomic mass is 79.9. The molecule has 4 fully saturated rings. The second-order valence-corrected chi connectivity index (χ2v) is 9.72. The standard InChI is InChI=1S/C20H21BrFN7O2/c21-16-9-23-18(14-1-2-24-29(14)16)25-17-5-13(27-28-17)11-3-12(22)15(4-11)31-19(30)26-20-6-10(7-20)8-20/h1-2,5,9-12,15H,3-4,6-8H2,(H,26,30)(H2,23,25,27,28)/t10?,11-,12+,15-,20?/m0/s1. The number of halogens is 2. The van der Waals surface area contributed by atoms with E-state index in [0.717, 1.165) is 41.0 Å². The third kappa shape index (κ3) is 3.26. The summed E-state index contributed by atoms with van der Waals surface area (Å²) in [5, 5.41) is 17.6. The fraction of sp³-hybridized carbons (Fsp3) is 0.500. The summed E-state index contributed by atoms with van der Waals surface area (Å²) >= 11 is 3.41. The summed E-state index contributed by atoms with van der Waals surface area (Å²) < 4.78 is 22.5. The lowest BCUT2D eigenvalue weighted by molar-refractivity contribution is -0.0530. The average molecular weight is 490 g/mol. The lowest BCUT2D eigenvalue weighted by Gasteiger charge is -2.61. The third-order valence-corrected chi connectivity index (χ3v) is 7.31. The third-order valence-electron chi connectivity index (χ3n) is 6.77. The minimum atomic E-state index is -1.19. The monoisotopic (exact) mass is 489 g/mol. The summed E-state index contributed by atoms with van der Waals surface area (Å²) in [6.07, 6.45) is 4.70. The van der Waals surface area contributed by atoms with Gasteiger partial charge in [-0.05, 0) is 60.0 Å². The Kier molecular flexibility index (Phi) is 4.24. The van der Waals surface area contributed by atoms with E-state index in [1.54, 1.807) is 16.9 Å². The summed E-state index contributed by atoms with van der Waals surface area (Å²) in [6, 6.07) is 3.69. The Morgan fingerprint density at radius 1 is 1.35 bits per heavy atom. The van der Waals surface area contributed by atoms with Gasteiger partial charge < -0.3 is 15.4 Å². The molecule has 3 aromatic heterocycles. The maximum Gasteiger partial charge on any atom is 0.407 e. The number of alkyl halides is 1. The van der Waals surface area contributed by atoms with Crippen LogP contribution in [0.25, 0.3) is 5.52 Å². The van der Waals surface area contributed by atoms with E-state index < -0.39 is 18.4 Å². The number of aromatic amines is 1. The van der Waals surface area contributed by atoms with Gasteiger partial charge in [-0.25, -0.2) is 18.7 Å². The number of alkyl carbamates (subject to hydrolysis) is 1. The molecule has 0 saturated heterocycles. The lowest BCUT2D eigenvalue weighted by Crippen LogP contribution is -2.68. The number of amides is 1. The number of H-pyrrole nitrogens is 1. The van der Waals surface area contributed by atoms with Crippen molar-refractivity contribution in [3.63, 3.8) is 0 Å². The van der Waals surface area contributed by atoms with E-state index in [2.05, 4.69) is 46.8 Å². The number of nitrogens with one attached hydrogen (secondary N) is 3. The molecule has 0 spiro atoms. The van der Waals surface area contributed by atoms with Gasteiger partial charge in [0.1, 0.15) is 22.4 Å². The Hall–Kier alpha value is -2.69. The van der Waals surface area contributed by atoms with Gasteiger partial charge >= 0.3 is 6.09 Å². The summed E-state index contributed by atoms with van der Waals surface area (Å²) in [4.78, 5) is 16.6. The first-order valence-electron chi connectivity index (χ1n) is 10.4. The van der Waals surface area contributed by atoms with E-state index in [4.69, 9.17) is 4.74 Å². The number of fused-ring (bicyclic) bond motifs is 1. The van der Waals surface area contributed by atoms with Crippen molar-refractivity contribution in [1.82, 2.24) is 30.1 Å². The summed E-state index contributed by atoms with van der Waals surface area (Å²) in [7, 11) is 0. The molecule has 9 nitrogen and oxygen atoms in total. The molecule has 2 bridgehead atoms. The van der Waals surface area contributed by atoms with E-state index >= 15 is 0 Å². The first kappa shape index (κ1) is 19.0. The van der Waals surface area contributed by atoms with Gasteiger partial charge in [-0.2, -0.15) is 10.2 Å². The molecule has 1 amide bonds. The number of hydrogen-bond donors (Lipinski definition) is 3. The predicted molar refractivity (Wildman–Crippen MR) is 113 cm³/mol. The van der Waals surface area contributed by atoms with E-state index in [1.165, 1.54) is 0 Å². The van der Waals surface area contributed by atoms with Crippen molar-refractivity contribution in [2.24, 2.45) is 5.92 Å². The number of anilines is 2. The molecule has 3 atom stereocenters. The maximum absolute atomic E-state index is 14.6. The van der Waals surface area contributed by atoms with Crippen LogP contribution in [0.5, 0.6) is 0 Å². The first-order valence-corrected chi connectivity index (χ1v) is 11.2. The van der Waals surface area contributed by atoms with Crippen LogP contribution in [0, 0.1) is 5.92 Å². The molecule has 3 N–H and O–H groups in total. The van der Waals surface area contributed by atoms with E-state index in [9.17, 15) is 9.18 Å². The Labute approximate surface area is 185 Å². The van der Waals surface area contributed by atoms with Crippen LogP contribution in [0.2, 0.25) is 0 Å². The van der Waals surface area contributed by atoms with Gasteiger partial charge in [-0.3, -0.25) is 5.10 Å². The van der Waals surface area contributed by atoms with Gasteiger partial charge in [0.25, 0.3) is 0 Å². The van der Waals surface area contributed by atoms with E-state index in [0.29, 0.717) is 18.1 Å². The normalized spacial score (nSPS) is 31.2. The van der Waals surface area contributed by atoms with Crippen LogP contribution in [0.3, 0.4) is 0 Å². The molecular weight excluding hydrogens is 469 g/mol. The zero-order valence-electron chi connectivity index (χ0n) is 16.5. The van der Waals surface area contributed by atoms with Crippen molar-refractivity contribution in [2.45, 2.75) is 55.8 Å². The summed E-state index contributed by atoms with van der Waals surface area (Å²) in [5.41, 5.74) is 1.53. The number of aromatic nitrogens is 5. The molecule has 0 unspecified atom stereocenters. The van der Waals surface area contributed by atoms with Crippen LogP contribution in [0.15, 0.2) is 29.1 Å². The largest absolute Gasteiger partial charge is 0.443 e. The number of rotatable bonds is 5. The van der Waals surface area contributed by atoms with Crippen LogP contribution in [-0.2, 0) is 4.74 Å². The summed E-state index contributed by atoms with van der Waals surface area (Å²) in [5.74, 6) is 1.85. The molecule has 4 aliphatic rings. The Bertz CT molecular complexity index is 1150. The second-order valence-electron chi connectivity index (χ2n) is 8.90. The van der Waals surface area contributed by atoms with Crippen molar-refractivity contribution in [2.75, 3.05) is 5.32 Å². The highest BCUT2D eigenvalue weighted by molar-refractivity contribution is 9.10. The van der Waals surface area contributed by atoms with Gasteiger partial charge in [0.15, 0.2) is 11.6 Å². The summed E-state index contributed by atoms with van der Waals surface area (Å²) in [6.45, 7) is 0. The average Bonchev–Trinajstić information content (AvgIpc) is 3.40. The van der Waals surface area contributed by atoms with Crippen molar-refractivity contribution in [3.05, 3.63) is 34.8 Å². The van der Waals surface area contributed by atoms with E-state index in [-0.39, 0.29) is 17.9 Å². The van der Waals surface area contributed by atoms with Gasteiger partial charge in [0.05, 0.1) is 12.4 Å². The lowest BCUT2D eigenvalue weighted by atomic mass is 9.50. The van der Waals surface area contributed by atoms with Crippen LogP contribution < -0.4 is 10.6 Å². The molecule has 3 aromatic rings. The Morgan fingerprint density at radius 3 is 2.97 bits per heavy atom. The molecule has 0 radical (unpaired) electrons. The zero-order chi connectivity index (χ0) is 21.2. The molecule has 31 heavy (non-hydrogen) atoms. The quantitative estimate of drug-likeness (QED) is 0.502. The molecule has 0 aromatic carbocycles. The fourth-order valence-electron chi connectivity index (χ4n) is 5.06. The molecule has 4 saturated carbocycles. The van der Waals surface area contributed by atoms with Crippen molar-refractivity contribution < 1.29 is 13.9 Å². The van der Waals surface area contributed by atoms with Crippen LogP contribution in [-0.4, -0.2) is 48.7 Å². The molecule has 7 rings (SSSR count). The SMILES string of the molecule is O=C(NC12CC(C1)C2)O[C@H]1C[C@@H](c2cc(Nc3ncc(Br)n4nccc34)n[nH]2)C[C@H]1F. The Morgan fingerprint density at radius 2 is 2.19 bits per heavy atom. The van der Waals surface area contributed by atoms with Crippen LogP contribution in [0.1, 0.15) is 43.7 Å². The highest BCUT2D eigenvalue weighted by Crippen LogP contribution is 2.57. The minimum Gasteiger partial charge on any atom is -0.443 e. The van der Waals surface area contributed by atoms with Crippen molar-refractivity contribution in [3.8, 4) is 0 Å². The second kappa shape index (κ2) is 6.91. The Balaban J connectivity index is 1.10. The number of ether oxygens (including phenoxy) is 1. The molecule has 0 aliphatic heterocycles. The van der Waals surface area contributed by atoms with E-state index in [1.807, 2.05) is 12.1 Å². The number of carbonyl (C=O) groups excluding carboxylic acids is 1. The van der Waals surface area contributed by atoms with Crippen molar-refractivity contribution in [1.29, 1.82) is 0 Å². The molecular formula is C20H21BrFN7O2. The van der Waals surface area contributed by atoms with Crippen LogP contribution >= 0.6 is 15.9 Å². The van der Waals surface area contributed by atoms with Gasteiger partial charge in [-0.1, -0.05) is 0 Å². The topological polar surface area (TPSA) is 109 Å². The molecule has 3 heterocycles. The molecule has 162 valence electrons. The first-order chi connectivity index (χ1) is 15.0. The van der Waals surface area contributed by atoms with Crippen molar-refractivity contribution >= 4 is 39.2 Å². The number of hydrogen-bond acceptors (Lipinski definition) is 6. The smallest absolute Gasteiger partial charge is 0.407 e. The predicted octanol–water partition coefficient (Wildman–Crippen LogP) is 3.82. The van der Waals surface area contributed by atoms with Gasteiger partial charge in [-0.15, -0.1) is 0 Å². The molecule has 4 aliphatic carbocycles. The minimum absolute atomic E-state index is 0.0719. The van der Waals surface area contributed by atoms with Gasteiger partial charge in [0, 0.05) is 23.2 Å². The number of nitrogens with zero attached hydrogens (tertiary/aromatic N) is 4. The fourth-order valence-corrected chi connectivity index (χ4v) is 5.44.